The van der Waals surface area contributed by atoms with Crippen LogP contribution in [0.2, 0.25) is 0 Å². The maximum atomic E-state index is 3.71. The largest absolute Gasteiger partial charge is 0.374 e. The summed E-state index contributed by atoms with van der Waals surface area (Å²) in [6, 6.07) is 6.66. The zero-order valence-electron chi connectivity index (χ0n) is 14.1. The Morgan fingerprint density at radius 2 is 1.86 bits per heavy atom. The van der Waals surface area contributed by atoms with Crippen molar-refractivity contribution in [2.24, 2.45) is 5.92 Å². The van der Waals surface area contributed by atoms with Gasteiger partial charge >= 0.3 is 0 Å². The van der Waals surface area contributed by atoms with Crippen molar-refractivity contribution in [1.82, 2.24) is 10.2 Å². The molecule has 120 valence electrons. The Kier molecular flexibility index (Phi) is 8.30. The summed E-state index contributed by atoms with van der Waals surface area (Å²) < 4.78 is 1.18. The molecule has 1 rings (SSSR count). The van der Waals surface area contributed by atoms with Crippen LogP contribution in [0.5, 0.6) is 0 Å². The topological polar surface area (TPSA) is 18.5 Å². The summed E-state index contributed by atoms with van der Waals surface area (Å²) in [7, 11) is 6.40. The van der Waals surface area contributed by atoms with E-state index in [9.17, 15) is 0 Å². The van der Waals surface area contributed by atoms with Crippen molar-refractivity contribution in [3.63, 3.8) is 0 Å². The number of benzene rings is 1. The van der Waals surface area contributed by atoms with Crippen LogP contribution in [0.15, 0.2) is 22.7 Å². The molecule has 0 spiro atoms. The van der Waals surface area contributed by atoms with Crippen molar-refractivity contribution in [3.05, 3.63) is 28.2 Å². The van der Waals surface area contributed by atoms with Crippen LogP contribution in [-0.4, -0.2) is 45.7 Å². The van der Waals surface area contributed by atoms with Gasteiger partial charge in [-0.2, -0.15) is 0 Å². The molecule has 4 heteroatoms. The molecule has 0 heterocycles. The van der Waals surface area contributed by atoms with E-state index in [2.05, 4.69) is 84.2 Å². The summed E-state index contributed by atoms with van der Waals surface area (Å²) in [5.41, 5.74) is 2.59. The minimum absolute atomic E-state index is 0.690. The van der Waals surface area contributed by atoms with Gasteiger partial charge in [-0.3, -0.25) is 0 Å². The fraction of sp³-hybridized carbons (Fsp3) is 0.647. The Hall–Kier alpha value is -0.580. The highest BCUT2D eigenvalue weighted by molar-refractivity contribution is 9.10. The Bertz CT molecular complexity index is 418. The van der Waals surface area contributed by atoms with Crippen molar-refractivity contribution < 1.29 is 0 Å². The van der Waals surface area contributed by atoms with E-state index < -0.39 is 0 Å². The Labute approximate surface area is 138 Å². The third-order valence-electron chi connectivity index (χ3n) is 3.40. The molecule has 0 bridgehead atoms. The molecule has 0 aliphatic rings. The third kappa shape index (κ3) is 7.30. The first-order chi connectivity index (χ1) is 9.90. The lowest BCUT2D eigenvalue weighted by Crippen LogP contribution is -2.23. The standard InChI is InChI=1S/C17H30BrN3/c1-14(2)12-19-13-15-7-8-17(16(18)11-15)21(5)10-6-9-20(3)4/h7-8,11,14,19H,6,9-10,12-13H2,1-5H3. The first-order valence-electron chi connectivity index (χ1n) is 7.75. The van der Waals surface area contributed by atoms with Gasteiger partial charge in [-0.25, -0.2) is 0 Å². The van der Waals surface area contributed by atoms with E-state index >= 15 is 0 Å². The highest BCUT2D eigenvalue weighted by Crippen LogP contribution is 2.26. The van der Waals surface area contributed by atoms with Crippen LogP contribution < -0.4 is 10.2 Å². The predicted molar refractivity (Wildman–Crippen MR) is 97.1 cm³/mol. The van der Waals surface area contributed by atoms with Gasteiger partial charge in [0.25, 0.3) is 0 Å². The second-order valence-electron chi connectivity index (χ2n) is 6.39. The molecule has 1 N–H and O–H groups in total. The second-order valence-corrected chi connectivity index (χ2v) is 7.24. The summed E-state index contributed by atoms with van der Waals surface area (Å²) in [4.78, 5) is 4.55. The lowest BCUT2D eigenvalue weighted by molar-refractivity contribution is 0.401. The molecule has 0 amide bonds. The first kappa shape index (κ1) is 18.5. The van der Waals surface area contributed by atoms with Crippen molar-refractivity contribution in [3.8, 4) is 0 Å². The molecule has 0 fully saturated rings. The Balaban J connectivity index is 2.52. The lowest BCUT2D eigenvalue weighted by atomic mass is 10.1. The van der Waals surface area contributed by atoms with E-state index in [0.717, 1.165) is 26.2 Å². The zero-order valence-corrected chi connectivity index (χ0v) is 15.7. The van der Waals surface area contributed by atoms with E-state index in [4.69, 9.17) is 0 Å². The molecule has 0 radical (unpaired) electrons. The average Bonchev–Trinajstić information content (AvgIpc) is 2.37. The maximum absolute atomic E-state index is 3.71. The SMILES string of the molecule is CC(C)CNCc1ccc(N(C)CCCN(C)C)c(Br)c1. The van der Waals surface area contributed by atoms with Crippen molar-refractivity contribution >= 4 is 21.6 Å². The van der Waals surface area contributed by atoms with E-state index in [0.29, 0.717) is 5.92 Å². The van der Waals surface area contributed by atoms with Gasteiger partial charge in [0.05, 0.1) is 5.69 Å². The highest BCUT2D eigenvalue weighted by Gasteiger charge is 2.07. The molecule has 0 atom stereocenters. The van der Waals surface area contributed by atoms with Crippen molar-refractivity contribution in [2.45, 2.75) is 26.8 Å². The van der Waals surface area contributed by atoms with Gasteiger partial charge in [0.1, 0.15) is 0 Å². The molecule has 0 saturated carbocycles. The van der Waals surface area contributed by atoms with Gasteiger partial charge < -0.3 is 15.1 Å². The number of anilines is 1. The van der Waals surface area contributed by atoms with Crippen LogP contribution in [0.25, 0.3) is 0 Å². The fourth-order valence-electron chi connectivity index (χ4n) is 2.22. The van der Waals surface area contributed by atoms with Crippen LogP contribution in [0.1, 0.15) is 25.8 Å². The van der Waals surface area contributed by atoms with Crippen molar-refractivity contribution in [1.29, 1.82) is 0 Å². The molecule has 1 aromatic rings. The quantitative estimate of drug-likeness (QED) is 0.730. The minimum atomic E-state index is 0.690. The highest BCUT2D eigenvalue weighted by atomic mass is 79.9. The van der Waals surface area contributed by atoms with E-state index in [1.165, 1.54) is 22.1 Å². The van der Waals surface area contributed by atoms with Crippen LogP contribution in [-0.2, 0) is 6.54 Å². The first-order valence-corrected chi connectivity index (χ1v) is 8.54. The molecule has 0 aromatic heterocycles. The van der Waals surface area contributed by atoms with Crippen molar-refractivity contribution in [2.75, 3.05) is 45.7 Å². The molecule has 0 saturated heterocycles. The maximum Gasteiger partial charge on any atom is 0.0508 e. The molecular weight excluding hydrogens is 326 g/mol. The number of hydrogen-bond donors (Lipinski definition) is 1. The number of halogens is 1. The fourth-order valence-corrected chi connectivity index (χ4v) is 2.95. The van der Waals surface area contributed by atoms with Gasteiger partial charge in [-0.15, -0.1) is 0 Å². The summed E-state index contributed by atoms with van der Waals surface area (Å²) in [5.74, 6) is 0.690. The predicted octanol–water partition coefficient (Wildman–Crippen LogP) is 3.58. The smallest absolute Gasteiger partial charge is 0.0508 e. The van der Waals surface area contributed by atoms with Gasteiger partial charge in [0.2, 0.25) is 0 Å². The Morgan fingerprint density at radius 3 is 2.43 bits per heavy atom. The summed E-state index contributed by atoms with van der Waals surface area (Å²) >= 11 is 3.71. The molecular formula is C17H30BrN3. The molecule has 0 aliphatic heterocycles. The second kappa shape index (κ2) is 9.44. The van der Waals surface area contributed by atoms with Crippen LogP contribution in [0.4, 0.5) is 5.69 Å². The summed E-state index contributed by atoms with van der Waals surface area (Å²) in [6.45, 7) is 8.65. The van der Waals surface area contributed by atoms with Crippen LogP contribution in [0.3, 0.4) is 0 Å². The average molecular weight is 356 g/mol. The normalized spacial score (nSPS) is 11.4. The van der Waals surface area contributed by atoms with Crippen LogP contribution >= 0.6 is 15.9 Å². The summed E-state index contributed by atoms with van der Waals surface area (Å²) in [6.07, 6.45) is 1.17. The van der Waals surface area contributed by atoms with Gasteiger partial charge in [0, 0.05) is 24.6 Å². The van der Waals surface area contributed by atoms with E-state index in [1.54, 1.807) is 0 Å². The number of nitrogens with one attached hydrogen (secondary N) is 1. The third-order valence-corrected chi connectivity index (χ3v) is 4.04. The molecule has 21 heavy (non-hydrogen) atoms. The number of rotatable bonds is 9. The van der Waals surface area contributed by atoms with Gasteiger partial charge in [-0.05, 0) is 73.1 Å². The number of nitrogens with zero attached hydrogens (tertiary/aromatic N) is 2. The molecule has 3 nitrogen and oxygen atoms in total. The van der Waals surface area contributed by atoms with Gasteiger partial charge in [0.15, 0.2) is 0 Å². The van der Waals surface area contributed by atoms with E-state index in [-0.39, 0.29) is 0 Å². The van der Waals surface area contributed by atoms with Gasteiger partial charge in [-0.1, -0.05) is 19.9 Å². The molecule has 0 unspecified atom stereocenters. The Morgan fingerprint density at radius 1 is 1.14 bits per heavy atom. The minimum Gasteiger partial charge on any atom is -0.374 e. The summed E-state index contributed by atoms with van der Waals surface area (Å²) in [5, 5.41) is 3.48. The monoisotopic (exact) mass is 355 g/mol. The number of hydrogen-bond acceptors (Lipinski definition) is 3. The molecule has 0 aliphatic carbocycles. The zero-order chi connectivity index (χ0) is 15.8. The molecule has 1 aromatic carbocycles. The van der Waals surface area contributed by atoms with E-state index in [1.807, 2.05) is 0 Å². The lowest BCUT2D eigenvalue weighted by Gasteiger charge is -2.22. The van der Waals surface area contributed by atoms with Crippen LogP contribution in [0, 0.1) is 5.92 Å².